The molecular weight excluding hydrogens is 274 g/mol. The molecule has 0 aliphatic carbocycles. The van der Waals surface area contributed by atoms with E-state index in [9.17, 15) is 13.6 Å². The Hall–Kier alpha value is -2.27. The van der Waals surface area contributed by atoms with Crippen molar-refractivity contribution in [2.24, 2.45) is 5.73 Å². The minimum atomic E-state index is -0.870. The molecule has 1 amide bonds. The molecule has 2 rings (SSSR count). The van der Waals surface area contributed by atoms with Gasteiger partial charge in [-0.05, 0) is 36.2 Å². The first-order chi connectivity index (χ1) is 9.95. The number of hydrogen-bond acceptors (Lipinski definition) is 2. The normalized spacial score (nSPS) is 10.5. The number of carbonyl (C=O) groups is 1. The molecule has 0 aliphatic rings. The predicted octanol–water partition coefficient (Wildman–Crippen LogP) is 3.01. The van der Waals surface area contributed by atoms with Crippen molar-refractivity contribution in [2.45, 2.75) is 13.5 Å². The van der Waals surface area contributed by atoms with E-state index < -0.39 is 23.1 Å². The zero-order valence-electron chi connectivity index (χ0n) is 11.9. The molecule has 0 saturated heterocycles. The fourth-order valence-corrected chi connectivity index (χ4v) is 2.03. The molecule has 5 heteroatoms. The topological polar surface area (TPSA) is 46.3 Å². The maximum atomic E-state index is 14.0. The molecule has 0 spiro atoms. The number of anilines is 1. The summed E-state index contributed by atoms with van der Waals surface area (Å²) in [7, 11) is 1.47. The van der Waals surface area contributed by atoms with Crippen molar-refractivity contribution in [3.8, 4) is 0 Å². The Labute approximate surface area is 122 Å². The van der Waals surface area contributed by atoms with E-state index in [0.717, 1.165) is 11.6 Å². The van der Waals surface area contributed by atoms with Crippen molar-refractivity contribution < 1.29 is 13.6 Å². The first-order valence-corrected chi connectivity index (χ1v) is 6.47. The number of aryl methyl sites for hydroxylation is 1. The first-order valence-electron chi connectivity index (χ1n) is 6.47. The van der Waals surface area contributed by atoms with E-state index in [-0.39, 0.29) is 5.56 Å². The zero-order chi connectivity index (χ0) is 15.6. The van der Waals surface area contributed by atoms with Crippen LogP contribution in [0.25, 0.3) is 0 Å². The van der Waals surface area contributed by atoms with Gasteiger partial charge in [0.15, 0.2) is 0 Å². The third-order valence-corrected chi connectivity index (χ3v) is 3.34. The fourth-order valence-electron chi connectivity index (χ4n) is 2.03. The highest BCUT2D eigenvalue weighted by molar-refractivity contribution is 6.06. The van der Waals surface area contributed by atoms with Crippen LogP contribution in [0.2, 0.25) is 0 Å². The van der Waals surface area contributed by atoms with Crippen LogP contribution in [0.15, 0.2) is 36.4 Å². The number of carbonyl (C=O) groups excluding carboxylic acids is 1. The Balaban J connectivity index is 2.42. The number of nitrogens with zero attached hydrogens (tertiary/aromatic N) is 1. The summed E-state index contributed by atoms with van der Waals surface area (Å²) in [5.74, 6) is -2.44. The number of halogens is 2. The Kier molecular flexibility index (Phi) is 4.33. The van der Waals surface area contributed by atoms with Crippen molar-refractivity contribution >= 4 is 11.6 Å². The van der Waals surface area contributed by atoms with Gasteiger partial charge in [0, 0.05) is 19.3 Å². The van der Waals surface area contributed by atoms with Gasteiger partial charge >= 0.3 is 0 Å². The van der Waals surface area contributed by atoms with Crippen LogP contribution in [0.1, 0.15) is 21.5 Å². The molecular formula is C16H16F2N2O. The molecule has 0 radical (unpaired) electrons. The third-order valence-electron chi connectivity index (χ3n) is 3.34. The molecule has 0 atom stereocenters. The highest BCUT2D eigenvalue weighted by Crippen LogP contribution is 2.22. The van der Waals surface area contributed by atoms with Gasteiger partial charge in [-0.2, -0.15) is 0 Å². The number of benzene rings is 2. The van der Waals surface area contributed by atoms with Crippen molar-refractivity contribution in [3.63, 3.8) is 0 Å². The van der Waals surface area contributed by atoms with E-state index in [4.69, 9.17) is 5.73 Å². The smallest absolute Gasteiger partial charge is 0.263 e. The monoisotopic (exact) mass is 290 g/mol. The van der Waals surface area contributed by atoms with E-state index in [0.29, 0.717) is 12.2 Å². The summed E-state index contributed by atoms with van der Waals surface area (Å²) >= 11 is 0. The Bertz CT molecular complexity index is 686. The molecule has 0 saturated carbocycles. The molecule has 2 aromatic rings. The lowest BCUT2D eigenvalue weighted by molar-refractivity contribution is 0.0984. The molecule has 0 fully saturated rings. The second-order valence-electron chi connectivity index (χ2n) is 4.79. The van der Waals surface area contributed by atoms with Crippen molar-refractivity contribution in [1.29, 1.82) is 0 Å². The standard InChI is InChI=1S/C16H16F2N2O/c1-10-6-7-13(17)14(15(10)18)16(21)20(2)12-5-3-4-11(8-12)9-19/h3-8H,9,19H2,1-2H3. The van der Waals surface area contributed by atoms with Crippen LogP contribution in [-0.2, 0) is 6.54 Å². The van der Waals surface area contributed by atoms with Gasteiger partial charge in [-0.15, -0.1) is 0 Å². The van der Waals surface area contributed by atoms with Crippen LogP contribution in [0.5, 0.6) is 0 Å². The molecule has 0 aliphatic heterocycles. The highest BCUT2D eigenvalue weighted by atomic mass is 19.1. The summed E-state index contributed by atoms with van der Waals surface area (Å²) in [6.07, 6.45) is 0. The van der Waals surface area contributed by atoms with Gasteiger partial charge in [-0.25, -0.2) is 8.78 Å². The third kappa shape index (κ3) is 2.92. The minimum absolute atomic E-state index is 0.226. The van der Waals surface area contributed by atoms with E-state index >= 15 is 0 Å². The van der Waals surface area contributed by atoms with Crippen LogP contribution < -0.4 is 10.6 Å². The zero-order valence-corrected chi connectivity index (χ0v) is 11.9. The van der Waals surface area contributed by atoms with Crippen molar-refractivity contribution in [1.82, 2.24) is 0 Å². The fraction of sp³-hybridized carbons (Fsp3) is 0.188. The number of hydrogen-bond donors (Lipinski definition) is 1. The summed E-state index contributed by atoms with van der Waals surface area (Å²) in [4.78, 5) is 13.6. The van der Waals surface area contributed by atoms with Gasteiger partial charge in [-0.1, -0.05) is 18.2 Å². The lowest BCUT2D eigenvalue weighted by Gasteiger charge is -2.19. The molecule has 21 heavy (non-hydrogen) atoms. The Morgan fingerprint density at radius 1 is 1.24 bits per heavy atom. The minimum Gasteiger partial charge on any atom is -0.326 e. The van der Waals surface area contributed by atoms with Gasteiger partial charge in [0.2, 0.25) is 0 Å². The molecule has 0 unspecified atom stereocenters. The number of amides is 1. The maximum absolute atomic E-state index is 14.0. The molecule has 0 aromatic heterocycles. The van der Waals surface area contributed by atoms with Crippen LogP contribution in [-0.4, -0.2) is 13.0 Å². The number of rotatable bonds is 3. The molecule has 2 aromatic carbocycles. The van der Waals surface area contributed by atoms with Gasteiger partial charge in [0.25, 0.3) is 5.91 Å². The van der Waals surface area contributed by atoms with E-state index in [1.165, 1.54) is 24.9 Å². The predicted molar refractivity (Wildman–Crippen MR) is 78.2 cm³/mol. The molecule has 110 valence electrons. The second kappa shape index (κ2) is 6.01. The van der Waals surface area contributed by atoms with Crippen LogP contribution in [0, 0.1) is 18.6 Å². The summed E-state index contributed by atoms with van der Waals surface area (Å²) < 4.78 is 27.8. The average molecular weight is 290 g/mol. The van der Waals surface area contributed by atoms with Crippen molar-refractivity contribution in [3.05, 3.63) is 64.7 Å². The lowest BCUT2D eigenvalue weighted by Crippen LogP contribution is -2.28. The average Bonchev–Trinajstić information content (AvgIpc) is 2.50. The highest BCUT2D eigenvalue weighted by Gasteiger charge is 2.23. The van der Waals surface area contributed by atoms with Crippen molar-refractivity contribution in [2.75, 3.05) is 11.9 Å². The molecule has 0 heterocycles. The summed E-state index contributed by atoms with van der Waals surface area (Å²) in [6.45, 7) is 1.81. The summed E-state index contributed by atoms with van der Waals surface area (Å²) in [6, 6.07) is 9.35. The maximum Gasteiger partial charge on any atom is 0.263 e. The SMILES string of the molecule is Cc1ccc(F)c(C(=O)N(C)c2cccc(CN)c2)c1F. The van der Waals surface area contributed by atoms with Gasteiger partial charge < -0.3 is 10.6 Å². The van der Waals surface area contributed by atoms with E-state index in [2.05, 4.69) is 0 Å². The van der Waals surface area contributed by atoms with E-state index in [1.54, 1.807) is 18.2 Å². The molecule has 3 nitrogen and oxygen atoms in total. The Morgan fingerprint density at radius 3 is 2.62 bits per heavy atom. The van der Waals surface area contributed by atoms with Gasteiger partial charge in [-0.3, -0.25) is 4.79 Å². The quantitative estimate of drug-likeness (QED) is 0.944. The Morgan fingerprint density at radius 2 is 1.95 bits per heavy atom. The van der Waals surface area contributed by atoms with Crippen LogP contribution in [0.4, 0.5) is 14.5 Å². The first kappa shape index (κ1) is 15.1. The summed E-state index contributed by atoms with van der Waals surface area (Å²) in [5, 5.41) is 0. The second-order valence-corrected chi connectivity index (χ2v) is 4.79. The van der Waals surface area contributed by atoms with Gasteiger partial charge in [0.05, 0.1) is 0 Å². The largest absolute Gasteiger partial charge is 0.326 e. The van der Waals surface area contributed by atoms with Crippen LogP contribution >= 0.6 is 0 Å². The number of nitrogens with two attached hydrogens (primary N) is 1. The lowest BCUT2D eigenvalue weighted by atomic mass is 10.1. The van der Waals surface area contributed by atoms with E-state index in [1.807, 2.05) is 6.07 Å². The van der Waals surface area contributed by atoms with Gasteiger partial charge in [0.1, 0.15) is 17.2 Å². The molecule has 0 bridgehead atoms. The van der Waals surface area contributed by atoms with Crippen LogP contribution in [0.3, 0.4) is 0 Å². The molecule has 2 N–H and O–H groups in total. The summed E-state index contributed by atoms with van der Waals surface area (Å²) in [5.41, 5.74) is 6.59.